The van der Waals surface area contributed by atoms with Gasteiger partial charge in [-0.25, -0.2) is 0 Å². The van der Waals surface area contributed by atoms with Gasteiger partial charge in [0.2, 0.25) is 0 Å². The zero-order valence-electron chi connectivity index (χ0n) is 16.2. The summed E-state index contributed by atoms with van der Waals surface area (Å²) in [7, 11) is 0. The van der Waals surface area contributed by atoms with Gasteiger partial charge in [-0.15, -0.1) is 0 Å². The van der Waals surface area contributed by atoms with Crippen molar-refractivity contribution < 1.29 is 14.5 Å². The molecule has 0 saturated heterocycles. The Morgan fingerprint density at radius 3 is 2.33 bits per heavy atom. The van der Waals surface area contributed by atoms with E-state index in [4.69, 9.17) is 16.3 Å². The summed E-state index contributed by atoms with van der Waals surface area (Å²) in [5.74, 6) is 0.296. The third kappa shape index (κ3) is 5.96. The molecule has 0 heterocycles. The van der Waals surface area contributed by atoms with Crippen molar-refractivity contribution >= 4 is 34.6 Å². The predicted octanol–water partition coefficient (Wildman–Crippen LogP) is 5.19. The van der Waals surface area contributed by atoms with E-state index in [2.05, 4.69) is 10.6 Å². The smallest absolute Gasteiger partial charge is 0.269 e. The van der Waals surface area contributed by atoms with Crippen molar-refractivity contribution in [1.29, 1.82) is 0 Å². The number of nitrogens with zero attached hydrogens (tertiary/aromatic N) is 1. The van der Waals surface area contributed by atoms with Gasteiger partial charge in [-0.1, -0.05) is 29.8 Å². The first-order valence-electron chi connectivity index (χ1n) is 9.17. The maximum Gasteiger partial charge on any atom is 0.269 e. The van der Waals surface area contributed by atoms with E-state index in [-0.39, 0.29) is 18.2 Å². The average Bonchev–Trinajstić information content (AvgIpc) is 2.74. The van der Waals surface area contributed by atoms with Gasteiger partial charge in [-0.3, -0.25) is 14.9 Å². The summed E-state index contributed by atoms with van der Waals surface area (Å²) in [6.07, 6.45) is 0. The van der Waals surface area contributed by atoms with E-state index in [1.807, 2.05) is 25.1 Å². The SMILES string of the molecule is Cc1ccc(NC(=O)COc2ccc(CNc3ccc([N+](=O)[O-])cc3)cc2)cc1Cl. The lowest BCUT2D eigenvalue weighted by Crippen LogP contribution is -2.20. The summed E-state index contributed by atoms with van der Waals surface area (Å²) in [6.45, 7) is 2.32. The Balaban J connectivity index is 1.46. The monoisotopic (exact) mass is 425 g/mol. The number of carbonyl (C=O) groups is 1. The van der Waals surface area contributed by atoms with Crippen molar-refractivity contribution in [2.75, 3.05) is 17.2 Å². The molecule has 8 heteroatoms. The number of benzene rings is 3. The number of halogens is 1. The van der Waals surface area contributed by atoms with Gasteiger partial charge in [-0.2, -0.15) is 0 Å². The summed E-state index contributed by atoms with van der Waals surface area (Å²) < 4.78 is 5.52. The Morgan fingerprint density at radius 2 is 1.70 bits per heavy atom. The zero-order chi connectivity index (χ0) is 21.5. The standard InChI is InChI=1S/C22H20ClN3O4/c1-15-2-5-18(12-21(15)23)25-22(27)14-30-20-10-3-16(4-11-20)13-24-17-6-8-19(9-7-17)26(28)29/h2-12,24H,13-14H2,1H3,(H,25,27). The summed E-state index contributed by atoms with van der Waals surface area (Å²) in [6, 6.07) is 18.9. The molecule has 0 spiro atoms. The second kappa shape index (κ2) is 9.76. The van der Waals surface area contributed by atoms with E-state index in [1.165, 1.54) is 12.1 Å². The number of anilines is 2. The zero-order valence-corrected chi connectivity index (χ0v) is 17.0. The number of nitro benzene ring substituents is 1. The van der Waals surface area contributed by atoms with Crippen LogP contribution in [0.15, 0.2) is 66.7 Å². The maximum atomic E-state index is 12.0. The first-order valence-corrected chi connectivity index (χ1v) is 9.54. The van der Waals surface area contributed by atoms with Crippen molar-refractivity contribution in [3.63, 3.8) is 0 Å². The fraction of sp³-hybridized carbons (Fsp3) is 0.136. The molecule has 1 amide bonds. The molecule has 3 aromatic rings. The molecule has 0 aliphatic rings. The van der Waals surface area contributed by atoms with Crippen molar-refractivity contribution in [3.05, 3.63) is 93.0 Å². The molecule has 3 rings (SSSR count). The molecule has 2 N–H and O–H groups in total. The van der Waals surface area contributed by atoms with Crippen LogP contribution in [0.4, 0.5) is 17.1 Å². The Bertz CT molecular complexity index is 1040. The van der Waals surface area contributed by atoms with E-state index in [1.54, 1.807) is 36.4 Å². The van der Waals surface area contributed by atoms with Crippen LogP contribution in [0.1, 0.15) is 11.1 Å². The van der Waals surface area contributed by atoms with Crippen LogP contribution in [0.2, 0.25) is 5.02 Å². The number of hydrogen-bond donors (Lipinski definition) is 2. The number of hydrogen-bond acceptors (Lipinski definition) is 5. The van der Waals surface area contributed by atoms with Crippen LogP contribution in [0.3, 0.4) is 0 Å². The second-order valence-corrected chi connectivity index (χ2v) is 7.01. The predicted molar refractivity (Wildman–Crippen MR) is 117 cm³/mol. The number of non-ortho nitro benzene ring substituents is 1. The van der Waals surface area contributed by atoms with Crippen LogP contribution in [0.5, 0.6) is 5.75 Å². The van der Waals surface area contributed by atoms with Gasteiger partial charge < -0.3 is 15.4 Å². The summed E-state index contributed by atoms with van der Waals surface area (Å²) in [5.41, 5.74) is 3.39. The molecule has 0 unspecified atom stereocenters. The third-order valence-corrected chi connectivity index (χ3v) is 4.73. The van der Waals surface area contributed by atoms with E-state index < -0.39 is 4.92 Å². The molecule has 0 atom stereocenters. The summed E-state index contributed by atoms with van der Waals surface area (Å²) in [5, 5.41) is 17.2. The maximum absolute atomic E-state index is 12.0. The van der Waals surface area contributed by atoms with Crippen LogP contribution in [-0.2, 0) is 11.3 Å². The molecule has 0 radical (unpaired) electrons. The van der Waals surface area contributed by atoms with Gasteiger partial charge in [0.1, 0.15) is 5.75 Å². The molecule has 0 bridgehead atoms. The van der Waals surface area contributed by atoms with Gasteiger partial charge >= 0.3 is 0 Å². The van der Waals surface area contributed by atoms with Crippen molar-refractivity contribution in [3.8, 4) is 5.75 Å². The van der Waals surface area contributed by atoms with Crippen LogP contribution < -0.4 is 15.4 Å². The molecule has 0 aliphatic heterocycles. The minimum absolute atomic E-state index is 0.0524. The number of amides is 1. The molecule has 3 aromatic carbocycles. The lowest BCUT2D eigenvalue weighted by molar-refractivity contribution is -0.384. The molecule has 30 heavy (non-hydrogen) atoms. The largest absolute Gasteiger partial charge is 0.484 e. The Morgan fingerprint density at radius 1 is 1.03 bits per heavy atom. The van der Waals surface area contributed by atoms with Gasteiger partial charge in [0, 0.05) is 35.1 Å². The second-order valence-electron chi connectivity index (χ2n) is 6.60. The number of carbonyl (C=O) groups excluding carboxylic acids is 1. The lowest BCUT2D eigenvalue weighted by atomic mass is 10.2. The number of nitro groups is 1. The van der Waals surface area contributed by atoms with E-state index in [0.717, 1.165) is 16.8 Å². The van der Waals surface area contributed by atoms with Gasteiger partial charge in [0.25, 0.3) is 11.6 Å². The molecular weight excluding hydrogens is 406 g/mol. The Kier molecular flexibility index (Phi) is 6.87. The van der Waals surface area contributed by atoms with E-state index in [9.17, 15) is 14.9 Å². The van der Waals surface area contributed by atoms with Gasteiger partial charge in [0.05, 0.1) is 4.92 Å². The fourth-order valence-corrected chi connectivity index (χ4v) is 2.81. The Hall–Kier alpha value is -3.58. The van der Waals surface area contributed by atoms with Crippen molar-refractivity contribution in [1.82, 2.24) is 0 Å². The number of ether oxygens (including phenoxy) is 1. The summed E-state index contributed by atoms with van der Waals surface area (Å²) >= 11 is 6.05. The number of nitrogens with one attached hydrogen (secondary N) is 2. The van der Waals surface area contributed by atoms with Crippen LogP contribution in [0.25, 0.3) is 0 Å². The molecule has 0 aromatic heterocycles. The highest BCUT2D eigenvalue weighted by Gasteiger charge is 2.06. The summed E-state index contributed by atoms with van der Waals surface area (Å²) in [4.78, 5) is 22.3. The molecule has 154 valence electrons. The first kappa shape index (κ1) is 21.1. The van der Waals surface area contributed by atoms with Crippen LogP contribution in [0, 0.1) is 17.0 Å². The number of rotatable bonds is 8. The van der Waals surface area contributed by atoms with Crippen LogP contribution in [-0.4, -0.2) is 17.4 Å². The van der Waals surface area contributed by atoms with Crippen molar-refractivity contribution in [2.45, 2.75) is 13.5 Å². The lowest BCUT2D eigenvalue weighted by Gasteiger charge is -2.10. The van der Waals surface area contributed by atoms with Gasteiger partial charge in [-0.05, 0) is 54.4 Å². The highest BCUT2D eigenvalue weighted by atomic mass is 35.5. The minimum atomic E-state index is -0.432. The molecule has 7 nitrogen and oxygen atoms in total. The highest BCUT2D eigenvalue weighted by Crippen LogP contribution is 2.20. The fourth-order valence-electron chi connectivity index (χ4n) is 2.63. The molecule has 0 saturated carbocycles. The van der Waals surface area contributed by atoms with Crippen LogP contribution >= 0.6 is 11.6 Å². The average molecular weight is 426 g/mol. The quantitative estimate of drug-likeness (QED) is 0.383. The molecule has 0 aliphatic carbocycles. The highest BCUT2D eigenvalue weighted by molar-refractivity contribution is 6.31. The third-order valence-electron chi connectivity index (χ3n) is 4.32. The molecule has 0 fully saturated rings. The number of aryl methyl sites for hydroxylation is 1. The normalized spacial score (nSPS) is 10.3. The van der Waals surface area contributed by atoms with E-state index in [0.29, 0.717) is 23.0 Å². The van der Waals surface area contributed by atoms with E-state index >= 15 is 0 Å². The topological polar surface area (TPSA) is 93.5 Å². The minimum Gasteiger partial charge on any atom is -0.484 e. The Labute approximate surface area is 178 Å². The first-order chi connectivity index (χ1) is 14.4. The molecular formula is C22H20ClN3O4. The van der Waals surface area contributed by atoms with Crippen molar-refractivity contribution in [2.24, 2.45) is 0 Å². The van der Waals surface area contributed by atoms with Gasteiger partial charge in [0.15, 0.2) is 6.61 Å².